The van der Waals surface area contributed by atoms with E-state index in [1.54, 1.807) is 24.5 Å². The van der Waals surface area contributed by atoms with E-state index in [2.05, 4.69) is 20.5 Å². The van der Waals surface area contributed by atoms with Gasteiger partial charge in [0.15, 0.2) is 0 Å². The lowest BCUT2D eigenvalue weighted by Crippen LogP contribution is -2.14. The molecule has 10 heteroatoms. The fraction of sp³-hybridized carbons (Fsp3) is 0.0667. The summed E-state index contributed by atoms with van der Waals surface area (Å²) in [7, 11) is 0. The topological polar surface area (TPSA) is 80.9 Å². The number of aromatic nitrogens is 3. The minimum absolute atomic E-state index is 0.0640. The summed E-state index contributed by atoms with van der Waals surface area (Å²) in [5.41, 5.74) is 1.13. The van der Waals surface area contributed by atoms with Gasteiger partial charge in [-0.3, -0.25) is 9.78 Å². The molecule has 25 heavy (non-hydrogen) atoms. The second-order valence-electron chi connectivity index (χ2n) is 4.69. The fourth-order valence-electron chi connectivity index (χ4n) is 1.81. The molecule has 0 spiro atoms. The van der Waals surface area contributed by atoms with E-state index in [9.17, 15) is 4.79 Å². The Balaban J connectivity index is 1.60. The number of carbonyl (C=O) groups is 1. The van der Waals surface area contributed by atoms with Crippen LogP contribution in [-0.4, -0.2) is 26.8 Å². The zero-order chi connectivity index (χ0) is 17.8. The van der Waals surface area contributed by atoms with Crippen molar-refractivity contribution >= 4 is 58.2 Å². The minimum Gasteiger partial charge on any atom is -0.411 e. The molecule has 0 bridgehead atoms. The molecule has 3 rings (SSSR count). The average Bonchev–Trinajstić information content (AvgIpc) is 3.08. The molecule has 1 amide bonds. The van der Waals surface area contributed by atoms with Crippen molar-refractivity contribution in [2.75, 3.05) is 11.1 Å². The van der Waals surface area contributed by atoms with Crippen molar-refractivity contribution in [2.24, 2.45) is 0 Å². The molecule has 0 fully saturated rings. The predicted molar refractivity (Wildman–Crippen MR) is 98.4 cm³/mol. The van der Waals surface area contributed by atoms with Crippen molar-refractivity contribution in [3.63, 3.8) is 0 Å². The molecule has 2 aromatic heterocycles. The van der Waals surface area contributed by atoms with Crippen LogP contribution in [0.1, 0.15) is 0 Å². The number of hydrogen-bond acceptors (Lipinski definition) is 6. The second kappa shape index (κ2) is 8.05. The van der Waals surface area contributed by atoms with Crippen molar-refractivity contribution < 1.29 is 9.21 Å². The Morgan fingerprint density at radius 3 is 2.56 bits per heavy atom. The highest BCUT2D eigenvalue weighted by atomic mass is 35.5. The Morgan fingerprint density at radius 1 is 1.08 bits per heavy atom. The van der Waals surface area contributed by atoms with Crippen LogP contribution in [0.3, 0.4) is 0 Å². The summed E-state index contributed by atoms with van der Waals surface area (Å²) in [6, 6.07) is 6.46. The zero-order valence-electron chi connectivity index (χ0n) is 12.4. The van der Waals surface area contributed by atoms with E-state index in [0.717, 1.165) is 17.3 Å². The van der Waals surface area contributed by atoms with Gasteiger partial charge < -0.3 is 9.73 Å². The standard InChI is InChI=1S/C15H9Cl3N4O2S/c16-9-5-11(18)12(6-10(9)17)20-13(23)7-25-15-22-21-14(24-15)8-1-3-19-4-2-8/h1-6H,7H2,(H,20,23). The van der Waals surface area contributed by atoms with Crippen LogP contribution in [0.15, 0.2) is 46.3 Å². The van der Waals surface area contributed by atoms with E-state index in [-0.39, 0.29) is 16.9 Å². The fourth-order valence-corrected chi connectivity index (χ4v) is 2.97. The van der Waals surface area contributed by atoms with Crippen LogP contribution >= 0.6 is 46.6 Å². The van der Waals surface area contributed by atoms with Gasteiger partial charge in [0.1, 0.15) is 0 Å². The largest absolute Gasteiger partial charge is 0.411 e. The summed E-state index contributed by atoms with van der Waals surface area (Å²) in [5.74, 6) is 0.126. The van der Waals surface area contributed by atoms with Crippen molar-refractivity contribution in [1.82, 2.24) is 15.2 Å². The summed E-state index contributed by atoms with van der Waals surface area (Å²) in [4.78, 5) is 16.0. The number of carbonyl (C=O) groups excluding carboxylic acids is 1. The van der Waals surface area contributed by atoms with Crippen molar-refractivity contribution in [2.45, 2.75) is 5.22 Å². The number of halogens is 3. The van der Waals surface area contributed by atoms with Gasteiger partial charge in [0.2, 0.25) is 11.8 Å². The van der Waals surface area contributed by atoms with E-state index in [1.807, 2.05) is 0 Å². The minimum atomic E-state index is -0.297. The normalized spacial score (nSPS) is 10.7. The van der Waals surface area contributed by atoms with Crippen molar-refractivity contribution in [3.8, 4) is 11.5 Å². The molecule has 0 aliphatic heterocycles. The maximum Gasteiger partial charge on any atom is 0.277 e. The van der Waals surface area contributed by atoms with Crippen LogP contribution in [0, 0.1) is 0 Å². The zero-order valence-corrected chi connectivity index (χ0v) is 15.5. The molecule has 6 nitrogen and oxygen atoms in total. The molecule has 0 saturated carbocycles. The van der Waals surface area contributed by atoms with Crippen LogP contribution < -0.4 is 5.32 Å². The Morgan fingerprint density at radius 2 is 1.80 bits per heavy atom. The van der Waals surface area contributed by atoms with E-state index in [1.165, 1.54) is 12.1 Å². The molecule has 1 aromatic carbocycles. The quantitative estimate of drug-likeness (QED) is 0.475. The van der Waals surface area contributed by atoms with Crippen LogP contribution in [0.25, 0.3) is 11.5 Å². The summed E-state index contributed by atoms with van der Waals surface area (Å²) < 4.78 is 5.50. The van der Waals surface area contributed by atoms with Gasteiger partial charge in [-0.25, -0.2) is 0 Å². The molecular formula is C15H9Cl3N4O2S. The number of rotatable bonds is 5. The van der Waals surface area contributed by atoms with Gasteiger partial charge in [-0.1, -0.05) is 46.6 Å². The van der Waals surface area contributed by atoms with Crippen molar-refractivity contribution in [3.05, 3.63) is 51.7 Å². The Hall–Kier alpha value is -1.80. The number of thioether (sulfide) groups is 1. The van der Waals surface area contributed by atoms with Gasteiger partial charge in [-0.05, 0) is 24.3 Å². The third-order valence-electron chi connectivity index (χ3n) is 2.94. The molecule has 0 unspecified atom stereocenters. The van der Waals surface area contributed by atoms with Gasteiger partial charge in [-0.2, -0.15) is 0 Å². The highest BCUT2D eigenvalue weighted by molar-refractivity contribution is 7.99. The molecule has 0 aliphatic rings. The van der Waals surface area contributed by atoms with Gasteiger partial charge >= 0.3 is 0 Å². The third kappa shape index (κ3) is 4.64. The molecule has 2 heterocycles. The lowest BCUT2D eigenvalue weighted by Gasteiger charge is -2.07. The first kappa shape index (κ1) is 18.0. The maximum absolute atomic E-state index is 12.0. The van der Waals surface area contributed by atoms with Crippen LogP contribution in [0.4, 0.5) is 5.69 Å². The van der Waals surface area contributed by atoms with Crippen LogP contribution in [-0.2, 0) is 4.79 Å². The number of anilines is 1. The molecule has 3 aromatic rings. The summed E-state index contributed by atoms with van der Waals surface area (Å²) >= 11 is 18.9. The number of hydrogen-bond donors (Lipinski definition) is 1. The van der Waals surface area contributed by atoms with Crippen LogP contribution in [0.5, 0.6) is 0 Å². The molecule has 0 aliphatic carbocycles. The first-order valence-electron chi connectivity index (χ1n) is 6.84. The summed E-state index contributed by atoms with van der Waals surface area (Å²) in [6.45, 7) is 0. The van der Waals surface area contributed by atoms with Gasteiger partial charge in [0, 0.05) is 18.0 Å². The van der Waals surface area contributed by atoms with Gasteiger partial charge in [-0.15, -0.1) is 10.2 Å². The summed E-state index contributed by atoms with van der Waals surface area (Å²) in [5, 5.41) is 11.7. The monoisotopic (exact) mass is 414 g/mol. The molecule has 0 radical (unpaired) electrons. The lowest BCUT2D eigenvalue weighted by atomic mass is 10.3. The number of amides is 1. The molecule has 0 atom stereocenters. The number of nitrogens with one attached hydrogen (secondary N) is 1. The average molecular weight is 416 g/mol. The molecule has 128 valence electrons. The SMILES string of the molecule is O=C(CSc1nnc(-c2ccncc2)o1)Nc1cc(Cl)c(Cl)cc1Cl. The lowest BCUT2D eigenvalue weighted by molar-refractivity contribution is -0.113. The molecule has 0 saturated heterocycles. The molecular weight excluding hydrogens is 407 g/mol. The van der Waals surface area contributed by atoms with Crippen LogP contribution in [0.2, 0.25) is 15.1 Å². The summed E-state index contributed by atoms with van der Waals surface area (Å²) in [6.07, 6.45) is 3.25. The number of nitrogens with zero attached hydrogens (tertiary/aromatic N) is 3. The smallest absolute Gasteiger partial charge is 0.277 e. The highest BCUT2D eigenvalue weighted by Gasteiger charge is 2.13. The highest BCUT2D eigenvalue weighted by Crippen LogP contribution is 2.32. The first-order chi connectivity index (χ1) is 12.0. The first-order valence-corrected chi connectivity index (χ1v) is 8.96. The van der Waals surface area contributed by atoms with Crippen molar-refractivity contribution in [1.29, 1.82) is 0 Å². The van der Waals surface area contributed by atoms with E-state index >= 15 is 0 Å². The second-order valence-corrected chi connectivity index (χ2v) is 6.84. The van der Waals surface area contributed by atoms with E-state index in [4.69, 9.17) is 39.2 Å². The van der Waals surface area contributed by atoms with Gasteiger partial charge in [0.25, 0.3) is 5.22 Å². The Labute approximate surface area is 161 Å². The third-order valence-corrected chi connectivity index (χ3v) is 4.80. The predicted octanol–water partition coefficient (Wildman–Crippen LogP) is 4.82. The van der Waals surface area contributed by atoms with E-state index in [0.29, 0.717) is 26.6 Å². The number of pyridine rings is 1. The van der Waals surface area contributed by atoms with Gasteiger partial charge in [0.05, 0.1) is 26.5 Å². The number of benzene rings is 1. The Bertz CT molecular complexity index is 905. The van der Waals surface area contributed by atoms with E-state index < -0.39 is 0 Å². The Kier molecular flexibility index (Phi) is 5.80. The maximum atomic E-state index is 12.0. The molecule has 1 N–H and O–H groups in total.